The normalized spacial score (nSPS) is 16.1. The van der Waals surface area contributed by atoms with E-state index in [4.69, 9.17) is 4.42 Å². The van der Waals surface area contributed by atoms with E-state index in [9.17, 15) is 0 Å². The fraction of sp³-hybridized carbons (Fsp3) is 0.0943. The lowest BCUT2D eigenvalue weighted by molar-refractivity contribution is 0.660. The molecule has 9 aromatic rings. The number of furan rings is 1. The molecule has 0 amide bonds. The number of hydrogen-bond acceptors (Lipinski definition) is 2. The van der Waals surface area contributed by atoms with Gasteiger partial charge in [-0.2, -0.15) is 0 Å². The quantitative estimate of drug-likeness (QED) is 0.193. The molecule has 0 saturated carbocycles. The van der Waals surface area contributed by atoms with E-state index in [1.54, 1.807) is 0 Å². The van der Waals surface area contributed by atoms with Crippen molar-refractivity contribution >= 4 is 33.3 Å². The van der Waals surface area contributed by atoms with E-state index >= 15 is 0 Å². The van der Waals surface area contributed by atoms with Crippen LogP contribution in [0.3, 0.4) is 0 Å². The fourth-order valence-electron chi connectivity index (χ4n) is 9.75. The van der Waals surface area contributed by atoms with Crippen LogP contribution in [0.2, 0.25) is 0 Å². The van der Waals surface area contributed by atoms with E-state index in [0.717, 1.165) is 44.4 Å². The molecule has 1 atom stereocenters. The fourth-order valence-corrected chi connectivity index (χ4v) is 9.75. The molecule has 11 rings (SSSR count). The number of fused-ring (bicyclic) bond motifs is 9. The molecule has 0 aliphatic heterocycles. The van der Waals surface area contributed by atoms with Gasteiger partial charge in [-0.3, -0.25) is 0 Å². The monoisotopic (exact) mass is 705 g/mol. The Morgan fingerprint density at radius 2 is 1.07 bits per heavy atom. The summed E-state index contributed by atoms with van der Waals surface area (Å²) in [5, 5.41) is 6.24. The van der Waals surface area contributed by atoms with Gasteiger partial charge in [0.1, 0.15) is 11.2 Å². The Kier molecular flexibility index (Phi) is 6.76. The lowest BCUT2D eigenvalue weighted by Gasteiger charge is -2.28. The molecule has 55 heavy (non-hydrogen) atoms. The third kappa shape index (κ3) is 4.61. The number of hydrogen-bond donors (Lipinski definition) is 1. The Hall–Kier alpha value is -6.64. The van der Waals surface area contributed by atoms with Gasteiger partial charge in [-0.1, -0.05) is 147 Å². The van der Waals surface area contributed by atoms with Crippen molar-refractivity contribution in [2.45, 2.75) is 31.6 Å². The van der Waals surface area contributed by atoms with E-state index in [1.807, 2.05) is 12.1 Å². The van der Waals surface area contributed by atoms with Gasteiger partial charge in [-0.25, -0.2) is 0 Å². The molecule has 2 heteroatoms. The Morgan fingerprint density at radius 3 is 1.95 bits per heavy atom. The highest BCUT2D eigenvalue weighted by molar-refractivity contribution is 6.06. The molecule has 0 saturated heterocycles. The molecular formula is C53H39NO. The maximum atomic E-state index is 6.21. The summed E-state index contributed by atoms with van der Waals surface area (Å²) in [6.45, 7) is 7.09. The van der Waals surface area contributed by atoms with Gasteiger partial charge in [-0.05, 0) is 116 Å². The van der Waals surface area contributed by atoms with Crippen LogP contribution in [0.25, 0.3) is 66.4 Å². The number of benzene rings is 8. The summed E-state index contributed by atoms with van der Waals surface area (Å²) in [5.41, 5.74) is 20.3. The van der Waals surface area contributed by atoms with Gasteiger partial charge < -0.3 is 9.73 Å². The van der Waals surface area contributed by atoms with Crippen LogP contribution in [0.15, 0.2) is 180 Å². The van der Waals surface area contributed by atoms with Crippen LogP contribution >= 0.6 is 0 Å². The highest BCUT2D eigenvalue weighted by Crippen LogP contribution is 2.55. The molecule has 2 aliphatic carbocycles. The lowest BCUT2D eigenvalue weighted by Crippen LogP contribution is -2.22. The van der Waals surface area contributed by atoms with Crippen molar-refractivity contribution in [1.82, 2.24) is 0 Å². The molecule has 1 heterocycles. The van der Waals surface area contributed by atoms with E-state index in [1.165, 1.54) is 61.2 Å². The summed E-state index contributed by atoms with van der Waals surface area (Å²) in [5.74, 6) is 0. The molecule has 262 valence electrons. The van der Waals surface area contributed by atoms with Gasteiger partial charge >= 0.3 is 0 Å². The van der Waals surface area contributed by atoms with Crippen molar-refractivity contribution in [3.63, 3.8) is 0 Å². The molecule has 1 aromatic heterocycles. The van der Waals surface area contributed by atoms with Crippen molar-refractivity contribution in [1.29, 1.82) is 0 Å². The Balaban J connectivity index is 1.10. The van der Waals surface area contributed by atoms with Crippen molar-refractivity contribution in [3.8, 4) is 44.5 Å². The SMILES string of the molecule is CC1(C)c2ccccc2-c2c(-c3cc(-c4ccc5oc6ccccc6c5c4)ccc3Nc3ccc4c(c3)C(C)(c3ccccc3)c3ccccc3-4)cccc21. The summed E-state index contributed by atoms with van der Waals surface area (Å²) in [7, 11) is 0. The van der Waals surface area contributed by atoms with E-state index < -0.39 is 0 Å². The third-order valence-corrected chi connectivity index (χ3v) is 12.6. The second-order valence-electron chi connectivity index (χ2n) is 15.9. The highest BCUT2D eigenvalue weighted by Gasteiger charge is 2.41. The first kappa shape index (κ1) is 31.8. The van der Waals surface area contributed by atoms with Gasteiger partial charge in [-0.15, -0.1) is 0 Å². The molecule has 0 fully saturated rings. The summed E-state index contributed by atoms with van der Waals surface area (Å²) in [6, 6.07) is 64.4. The van der Waals surface area contributed by atoms with Gasteiger partial charge in [0.25, 0.3) is 0 Å². The Morgan fingerprint density at radius 1 is 0.418 bits per heavy atom. The molecule has 8 aromatic carbocycles. The standard InChI is InChI=1S/C53H39NO/c1-52(2)44-20-10-8-18-41(44)51-40(19-13-22-46(51)52)42-30-33(34-25-29-50-43(31-34)39-17-9-12-23-49(39)55-50)24-28-48(42)54-36-26-27-38-37-16-7-11-21-45(37)53(3,47(38)32-36)35-14-5-4-6-15-35/h4-32,54H,1-3H3. The average molecular weight is 706 g/mol. The minimum Gasteiger partial charge on any atom is -0.456 e. The van der Waals surface area contributed by atoms with Crippen molar-refractivity contribution in [3.05, 3.63) is 204 Å². The molecule has 0 spiro atoms. The van der Waals surface area contributed by atoms with Gasteiger partial charge in [0.05, 0.1) is 0 Å². The van der Waals surface area contributed by atoms with Crippen LogP contribution in [0.5, 0.6) is 0 Å². The van der Waals surface area contributed by atoms with E-state index in [-0.39, 0.29) is 10.8 Å². The zero-order chi connectivity index (χ0) is 36.9. The van der Waals surface area contributed by atoms with E-state index in [0.29, 0.717) is 0 Å². The van der Waals surface area contributed by atoms with Crippen LogP contribution in [0.4, 0.5) is 11.4 Å². The predicted molar refractivity (Wildman–Crippen MR) is 229 cm³/mol. The zero-order valence-electron chi connectivity index (χ0n) is 31.2. The molecule has 1 N–H and O–H groups in total. The molecule has 2 aliphatic rings. The largest absolute Gasteiger partial charge is 0.456 e. The van der Waals surface area contributed by atoms with E-state index in [2.05, 4.69) is 190 Å². The van der Waals surface area contributed by atoms with Crippen molar-refractivity contribution in [2.75, 3.05) is 5.32 Å². The van der Waals surface area contributed by atoms with Crippen LogP contribution in [-0.4, -0.2) is 0 Å². The summed E-state index contributed by atoms with van der Waals surface area (Å²) in [4.78, 5) is 0. The Bertz CT molecular complexity index is 3000. The van der Waals surface area contributed by atoms with Crippen molar-refractivity contribution < 1.29 is 4.42 Å². The maximum absolute atomic E-state index is 6.21. The first-order valence-corrected chi connectivity index (χ1v) is 19.3. The predicted octanol–water partition coefficient (Wildman–Crippen LogP) is 14.3. The summed E-state index contributed by atoms with van der Waals surface area (Å²) in [6.07, 6.45) is 0. The second-order valence-corrected chi connectivity index (χ2v) is 15.9. The number of rotatable bonds is 5. The topological polar surface area (TPSA) is 25.2 Å². The highest BCUT2D eigenvalue weighted by atomic mass is 16.3. The summed E-state index contributed by atoms with van der Waals surface area (Å²) < 4.78 is 6.21. The maximum Gasteiger partial charge on any atom is 0.135 e. The minimum absolute atomic E-state index is 0.0998. The van der Waals surface area contributed by atoms with Gasteiger partial charge in [0, 0.05) is 38.5 Å². The smallest absolute Gasteiger partial charge is 0.135 e. The molecular weight excluding hydrogens is 667 g/mol. The molecule has 2 nitrogen and oxygen atoms in total. The van der Waals surface area contributed by atoms with Crippen LogP contribution in [0, 0.1) is 0 Å². The molecule has 0 radical (unpaired) electrons. The minimum atomic E-state index is -0.275. The third-order valence-electron chi connectivity index (χ3n) is 12.6. The van der Waals surface area contributed by atoms with Crippen LogP contribution in [-0.2, 0) is 10.8 Å². The average Bonchev–Trinajstić information content (AvgIpc) is 3.82. The van der Waals surface area contributed by atoms with Crippen LogP contribution < -0.4 is 5.32 Å². The molecule has 0 bridgehead atoms. The zero-order valence-corrected chi connectivity index (χ0v) is 31.2. The summed E-state index contributed by atoms with van der Waals surface area (Å²) >= 11 is 0. The van der Waals surface area contributed by atoms with Crippen molar-refractivity contribution in [2.24, 2.45) is 0 Å². The first-order valence-electron chi connectivity index (χ1n) is 19.3. The molecule has 1 unspecified atom stereocenters. The first-order chi connectivity index (χ1) is 26.9. The number of nitrogens with one attached hydrogen (secondary N) is 1. The van der Waals surface area contributed by atoms with Gasteiger partial charge in [0.2, 0.25) is 0 Å². The van der Waals surface area contributed by atoms with Crippen LogP contribution in [0.1, 0.15) is 48.6 Å². The Labute approximate surface area is 321 Å². The number of anilines is 2. The second kappa shape index (κ2) is 11.7. The number of para-hydroxylation sites is 1. The van der Waals surface area contributed by atoms with Gasteiger partial charge in [0.15, 0.2) is 0 Å². The lowest BCUT2D eigenvalue weighted by atomic mass is 9.74.